The predicted molar refractivity (Wildman–Crippen MR) is 136 cm³/mol. The molecule has 4 amide bonds. The molecule has 12 nitrogen and oxygen atoms in total. The molecule has 3 atom stereocenters. The first-order valence-electron chi connectivity index (χ1n) is 12.1. The summed E-state index contributed by atoms with van der Waals surface area (Å²) in [6.07, 6.45) is -0.238. The van der Waals surface area contributed by atoms with E-state index < -0.39 is 17.7 Å². The lowest BCUT2D eigenvalue weighted by atomic mass is 9.92. The fraction of sp³-hybridized carbons (Fsp3) is 0.259. The quantitative estimate of drug-likeness (QED) is 0.334. The number of rotatable bonds is 4. The van der Waals surface area contributed by atoms with Gasteiger partial charge in [0.15, 0.2) is 0 Å². The lowest BCUT2D eigenvalue weighted by Crippen LogP contribution is -2.34. The lowest BCUT2D eigenvalue weighted by Gasteiger charge is -2.19. The molecule has 0 saturated carbocycles. The average Bonchev–Trinajstić information content (AvgIpc) is 3.61. The van der Waals surface area contributed by atoms with Gasteiger partial charge < -0.3 is 24.8 Å². The van der Waals surface area contributed by atoms with Crippen molar-refractivity contribution in [2.24, 2.45) is 11.8 Å². The highest BCUT2D eigenvalue weighted by atomic mass is 16.5. The second-order valence-corrected chi connectivity index (χ2v) is 9.25. The molecule has 2 aromatic carbocycles. The Morgan fingerprint density at radius 1 is 1.10 bits per heavy atom. The van der Waals surface area contributed by atoms with Crippen molar-refractivity contribution in [1.82, 2.24) is 15.2 Å². The molecule has 4 heterocycles. The zero-order chi connectivity index (χ0) is 27.7. The van der Waals surface area contributed by atoms with E-state index in [4.69, 9.17) is 19.4 Å². The molecule has 0 radical (unpaired) electrons. The topological polar surface area (TPSA) is 164 Å². The van der Waals surface area contributed by atoms with Crippen molar-refractivity contribution in [3.8, 4) is 5.75 Å². The zero-order valence-corrected chi connectivity index (χ0v) is 20.7. The summed E-state index contributed by atoms with van der Waals surface area (Å²) in [5.41, 5.74) is 1.97. The number of anilines is 1. The number of aromatic nitrogens is 1. The number of amides is 4. The largest absolute Gasteiger partial charge is 0.497 e. The number of methoxy groups -OCH3 is 1. The van der Waals surface area contributed by atoms with Crippen LogP contribution in [0.1, 0.15) is 31.2 Å². The standard InChI is InChI=1S/C26H22N4O6.CH2O2/c1-35-15-4-7-20-13(8-15)2-6-21(28-20)26(34)30-10-18-19(12-36-22(18)11-30)25(33)27-14-3-5-16-17(9-14)24(32)29-23(16)31;2-1-3/h2-9,18-19,22H,10-12H2,1H3,(H,27,33)(H,29,31,32);1H,(H,2,3)/t18-,19-,22-;/m1./s1. The highest BCUT2D eigenvalue weighted by Crippen LogP contribution is 2.35. The summed E-state index contributed by atoms with van der Waals surface area (Å²) in [6.45, 7) is 0.769. The molecule has 200 valence electrons. The summed E-state index contributed by atoms with van der Waals surface area (Å²) >= 11 is 0. The molecule has 1 aromatic heterocycles. The van der Waals surface area contributed by atoms with Crippen LogP contribution in [0.25, 0.3) is 10.9 Å². The van der Waals surface area contributed by atoms with E-state index in [1.807, 2.05) is 18.2 Å². The Morgan fingerprint density at radius 3 is 2.64 bits per heavy atom. The van der Waals surface area contributed by atoms with Crippen molar-refractivity contribution in [2.45, 2.75) is 6.10 Å². The smallest absolute Gasteiger partial charge is 0.290 e. The number of likely N-dealkylation sites (tertiary alicyclic amines) is 1. The van der Waals surface area contributed by atoms with E-state index in [-0.39, 0.29) is 48.0 Å². The van der Waals surface area contributed by atoms with Crippen LogP contribution in [0.4, 0.5) is 5.69 Å². The van der Waals surface area contributed by atoms with Crippen LogP contribution in [0.2, 0.25) is 0 Å². The summed E-state index contributed by atoms with van der Waals surface area (Å²) in [5.74, 6) is -1.28. The minimum Gasteiger partial charge on any atom is -0.497 e. The summed E-state index contributed by atoms with van der Waals surface area (Å²) < 4.78 is 11.1. The fourth-order valence-electron chi connectivity index (χ4n) is 5.14. The first kappa shape index (κ1) is 25.8. The molecule has 3 aromatic rings. The number of nitrogens with one attached hydrogen (secondary N) is 2. The Kier molecular flexibility index (Phi) is 6.94. The minimum absolute atomic E-state index is 0.155. The van der Waals surface area contributed by atoms with Crippen LogP contribution in [0.3, 0.4) is 0 Å². The van der Waals surface area contributed by atoms with Crippen molar-refractivity contribution in [3.63, 3.8) is 0 Å². The normalized spacial score (nSPS) is 20.9. The average molecular weight is 533 g/mol. The molecule has 0 spiro atoms. The number of nitrogens with zero attached hydrogens (tertiary/aromatic N) is 2. The van der Waals surface area contributed by atoms with E-state index in [9.17, 15) is 19.2 Å². The van der Waals surface area contributed by atoms with E-state index in [2.05, 4.69) is 15.6 Å². The first-order chi connectivity index (χ1) is 18.8. The number of carbonyl (C=O) groups excluding carboxylic acids is 4. The van der Waals surface area contributed by atoms with Gasteiger partial charge >= 0.3 is 0 Å². The zero-order valence-electron chi connectivity index (χ0n) is 20.7. The number of hydrogen-bond acceptors (Lipinski definition) is 8. The fourth-order valence-corrected chi connectivity index (χ4v) is 5.14. The molecule has 2 fully saturated rings. The summed E-state index contributed by atoms with van der Waals surface area (Å²) in [6, 6.07) is 13.6. The summed E-state index contributed by atoms with van der Waals surface area (Å²) in [4.78, 5) is 64.5. The number of hydrogen-bond donors (Lipinski definition) is 3. The Hall–Kier alpha value is -4.84. The van der Waals surface area contributed by atoms with Crippen LogP contribution in [0.15, 0.2) is 48.5 Å². The third-order valence-electron chi connectivity index (χ3n) is 7.06. The van der Waals surface area contributed by atoms with Gasteiger partial charge in [0.1, 0.15) is 11.4 Å². The molecule has 39 heavy (non-hydrogen) atoms. The lowest BCUT2D eigenvalue weighted by molar-refractivity contribution is -0.123. The van der Waals surface area contributed by atoms with Crippen molar-refractivity contribution in [1.29, 1.82) is 0 Å². The summed E-state index contributed by atoms with van der Waals surface area (Å²) in [5, 5.41) is 12.8. The van der Waals surface area contributed by atoms with E-state index in [0.29, 0.717) is 35.7 Å². The van der Waals surface area contributed by atoms with Crippen LogP contribution >= 0.6 is 0 Å². The van der Waals surface area contributed by atoms with Crippen LogP contribution in [-0.4, -0.2) is 78.0 Å². The first-order valence-corrected chi connectivity index (χ1v) is 12.1. The molecule has 0 aliphatic carbocycles. The van der Waals surface area contributed by atoms with Crippen LogP contribution in [0.5, 0.6) is 5.75 Å². The van der Waals surface area contributed by atoms with Crippen molar-refractivity contribution < 1.29 is 38.6 Å². The second-order valence-electron chi connectivity index (χ2n) is 9.25. The van der Waals surface area contributed by atoms with E-state index in [1.165, 1.54) is 12.1 Å². The molecule has 12 heteroatoms. The molecule has 0 bridgehead atoms. The van der Waals surface area contributed by atoms with Crippen molar-refractivity contribution >= 4 is 46.7 Å². The van der Waals surface area contributed by atoms with Crippen molar-refractivity contribution in [3.05, 3.63) is 65.4 Å². The number of benzene rings is 2. The van der Waals surface area contributed by atoms with Gasteiger partial charge in [-0.15, -0.1) is 0 Å². The Balaban J connectivity index is 0.000000983. The second kappa shape index (κ2) is 10.5. The Morgan fingerprint density at radius 2 is 1.87 bits per heavy atom. The molecule has 0 unspecified atom stereocenters. The van der Waals surface area contributed by atoms with Gasteiger partial charge in [-0.25, -0.2) is 4.98 Å². The Bertz CT molecular complexity index is 1510. The van der Waals surface area contributed by atoms with Gasteiger partial charge in [0.25, 0.3) is 24.2 Å². The number of pyridine rings is 1. The molecule has 2 saturated heterocycles. The highest BCUT2D eigenvalue weighted by Gasteiger charge is 2.48. The Labute approximate surface area is 221 Å². The molecule has 3 aliphatic rings. The highest BCUT2D eigenvalue weighted by molar-refractivity contribution is 6.22. The summed E-state index contributed by atoms with van der Waals surface area (Å²) in [7, 11) is 1.60. The van der Waals surface area contributed by atoms with Crippen LogP contribution in [-0.2, 0) is 14.3 Å². The van der Waals surface area contributed by atoms with Gasteiger partial charge in [0.2, 0.25) is 5.91 Å². The third kappa shape index (κ3) is 4.89. The number of carbonyl (C=O) groups is 5. The molecule has 3 aliphatic heterocycles. The van der Waals surface area contributed by atoms with Gasteiger partial charge in [0.05, 0.1) is 42.4 Å². The minimum atomic E-state index is -0.484. The molecule has 6 rings (SSSR count). The van der Waals surface area contributed by atoms with Gasteiger partial charge in [0, 0.05) is 30.1 Å². The maximum absolute atomic E-state index is 13.2. The van der Waals surface area contributed by atoms with Gasteiger partial charge in [-0.05, 0) is 42.5 Å². The maximum atomic E-state index is 13.2. The van der Waals surface area contributed by atoms with Gasteiger partial charge in [-0.3, -0.25) is 29.3 Å². The van der Waals surface area contributed by atoms with Gasteiger partial charge in [-0.2, -0.15) is 0 Å². The molecular weight excluding hydrogens is 508 g/mol. The number of fused-ring (bicyclic) bond motifs is 3. The molecular formula is C27H24N4O8. The van der Waals surface area contributed by atoms with E-state index in [1.54, 1.807) is 30.2 Å². The monoisotopic (exact) mass is 532 g/mol. The number of ether oxygens (including phenoxy) is 2. The van der Waals surface area contributed by atoms with Gasteiger partial charge in [-0.1, -0.05) is 6.07 Å². The SMILES string of the molecule is COc1ccc2nc(C(=O)N3C[C@H]4[C@@H](C3)OC[C@H]4C(=O)Nc3ccc4c(c3)C(=O)NC4=O)ccc2c1.O=CO. The number of imide groups is 1. The number of carboxylic acid groups (broad SMARTS) is 1. The molecule has 3 N–H and O–H groups in total. The van der Waals surface area contributed by atoms with E-state index in [0.717, 1.165) is 5.39 Å². The third-order valence-corrected chi connectivity index (χ3v) is 7.06. The van der Waals surface area contributed by atoms with Crippen molar-refractivity contribution in [2.75, 3.05) is 32.1 Å². The van der Waals surface area contributed by atoms with Crippen LogP contribution in [0, 0.1) is 11.8 Å². The van der Waals surface area contributed by atoms with E-state index >= 15 is 0 Å². The maximum Gasteiger partial charge on any atom is 0.290 e. The van der Waals surface area contributed by atoms with Crippen LogP contribution < -0.4 is 15.4 Å². The predicted octanol–water partition coefficient (Wildman–Crippen LogP) is 1.55.